The Bertz CT molecular complexity index is 854. The summed E-state index contributed by atoms with van der Waals surface area (Å²) in [5.41, 5.74) is 1.08. The Hall–Kier alpha value is -2.70. The smallest absolute Gasteiger partial charge is 0.257 e. The van der Waals surface area contributed by atoms with Gasteiger partial charge < -0.3 is 10.2 Å². The minimum absolute atomic E-state index is 0.0248. The van der Waals surface area contributed by atoms with Crippen LogP contribution < -0.4 is 10.2 Å². The van der Waals surface area contributed by atoms with E-state index in [0.717, 1.165) is 57.8 Å². The molecule has 1 saturated heterocycles. The van der Waals surface area contributed by atoms with Crippen LogP contribution in [0.5, 0.6) is 0 Å². The second kappa shape index (κ2) is 9.20. The highest BCUT2D eigenvalue weighted by molar-refractivity contribution is 6.23. The molecule has 1 heterocycles. The molecule has 1 aliphatic heterocycles. The number of carbonyl (C=O) groups is 4. The van der Waals surface area contributed by atoms with Crippen LogP contribution in [0.2, 0.25) is 0 Å². The normalized spacial score (nSPS) is 22.7. The first kappa shape index (κ1) is 21.5. The zero-order valence-corrected chi connectivity index (χ0v) is 18.1. The minimum Gasteiger partial charge on any atom is -0.327 e. The predicted molar refractivity (Wildman–Crippen MR) is 117 cm³/mol. The first-order valence-electron chi connectivity index (χ1n) is 11.5. The van der Waals surface area contributed by atoms with Crippen molar-refractivity contribution in [3.05, 3.63) is 24.3 Å². The van der Waals surface area contributed by atoms with Gasteiger partial charge in [0.15, 0.2) is 0 Å². The van der Waals surface area contributed by atoms with Crippen LogP contribution in [0, 0.1) is 5.92 Å². The standard InChI is InChI=1S/C24H31N3O4/c1-16(28)25-18-11-13-20(14-12-18)27-22(29)15-21(24(27)31)26(19-9-5-6-10-19)23(30)17-7-3-2-4-8-17/h11-14,17,19,21H,2-10,15H2,1H3,(H,25,28). The van der Waals surface area contributed by atoms with Crippen LogP contribution in [0.25, 0.3) is 0 Å². The van der Waals surface area contributed by atoms with Crippen molar-refractivity contribution in [3.63, 3.8) is 0 Å². The topological polar surface area (TPSA) is 86.8 Å². The fourth-order valence-electron chi connectivity index (χ4n) is 5.33. The van der Waals surface area contributed by atoms with Gasteiger partial charge in [-0.05, 0) is 49.9 Å². The number of nitrogens with one attached hydrogen (secondary N) is 1. The summed E-state index contributed by atoms with van der Waals surface area (Å²) in [7, 11) is 0. The van der Waals surface area contributed by atoms with Crippen LogP contribution >= 0.6 is 0 Å². The lowest BCUT2D eigenvalue weighted by atomic mass is 9.87. The summed E-state index contributed by atoms with van der Waals surface area (Å²) in [4.78, 5) is 54.0. The highest BCUT2D eigenvalue weighted by Crippen LogP contribution is 2.35. The van der Waals surface area contributed by atoms with Gasteiger partial charge in [-0.15, -0.1) is 0 Å². The molecule has 7 heteroatoms. The quantitative estimate of drug-likeness (QED) is 0.730. The van der Waals surface area contributed by atoms with Crippen LogP contribution in [0.4, 0.5) is 11.4 Å². The van der Waals surface area contributed by atoms with Crippen LogP contribution in [-0.2, 0) is 19.2 Å². The highest BCUT2D eigenvalue weighted by Gasteiger charge is 2.47. The van der Waals surface area contributed by atoms with Crippen LogP contribution in [0.1, 0.15) is 71.1 Å². The molecule has 2 saturated carbocycles. The maximum absolute atomic E-state index is 13.5. The molecule has 1 unspecified atom stereocenters. The van der Waals surface area contributed by atoms with E-state index in [1.54, 1.807) is 29.2 Å². The summed E-state index contributed by atoms with van der Waals surface area (Å²) in [6, 6.07) is 6.01. The summed E-state index contributed by atoms with van der Waals surface area (Å²) < 4.78 is 0. The molecule has 0 aromatic heterocycles. The number of carbonyl (C=O) groups excluding carboxylic acids is 4. The highest BCUT2D eigenvalue weighted by atomic mass is 16.2. The van der Waals surface area contributed by atoms with E-state index < -0.39 is 6.04 Å². The number of anilines is 2. The minimum atomic E-state index is -0.708. The van der Waals surface area contributed by atoms with Crippen LogP contribution in [0.15, 0.2) is 24.3 Å². The molecule has 0 radical (unpaired) electrons. The summed E-state index contributed by atoms with van der Waals surface area (Å²) in [6.45, 7) is 1.42. The second-order valence-corrected chi connectivity index (χ2v) is 9.03. The van der Waals surface area contributed by atoms with Gasteiger partial charge in [-0.2, -0.15) is 0 Å². The van der Waals surface area contributed by atoms with Crippen LogP contribution in [0.3, 0.4) is 0 Å². The first-order chi connectivity index (χ1) is 15.0. The van der Waals surface area contributed by atoms with Gasteiger partial charge in [0.25, 0.3) is 5.91 Å². The van der Waals surface area contributed by atoms with Crippen molar-refractivity contribution in [2.75, 3.05) is 10.2 Å². The van der Waals surface area contributed by atoms with Gasteiger partial charge in [0.2, 0.25) is 17.7 Å². The average Bonchev–Trinajstić information content (AvgIpc) is 3.38. The third-order valence-corrected chi connectivity index (χ3v) is 6.83. The zero-order valence-electron chi connectivity index (χ0n) is 18.1. The van der Waals surface area contributed by atoms with E-state index in [2.05, 4.69) is 5.32 Å². The Morgan fingerprint density at radius 1 is 0.935 bits per heavy atom. The number of hydrogen-bond donors (Lipinski definition) is 1. The van der Waals surface area contributed by atoms with Crippen molar-refractivity contribution in [1.29, 1.82) is 0 Å². The molecule has 3 fully saturated rings. The van der Waals surface area contributed by atoms with Crippen molar-refractivity contribution >= 4 is 35.0 Å². The summed E-state index contributed by atoms with van der Waals surface area (Å²) in [5, 5.41) is 2.68. The molecular formula is C24H31N3O4. The van der Waals surface area contributed by atoms with Gasteiger partial charge in [0.05, 0.1) is 12.1 Å². The fraction of sp³-hybridized carbons (Fsp3) is 0.583. The number of nitrogens with zero attached hydrogens (tertiary/aromatic N) is 2. The molecular weight excluding hydrogens is 394 g/mol. The largest absolute Gasteiger partial charge is 0.327 e. The lowest BCUT2D eigenvalue weighted by Gasteiger charge is -2.36. The van der Waals surface area contributed by atoms with Gasteiger partial charge in [-0.25, -0.2) is 4.90 Å². The molecule has 0 spiro atoms. The fourth-order valence-corrected chi connectivity index (χ4v) is 5.33. The molecule has 1 aromatic rings. The number of imide groups is 1. The number of benzene rings is 1. The maximum atomic E-state index is 13.5. The lowest BCUT2D eigenvalue weighted by Crippen LogP contribution is -2.52. The Morgan fingerprint density at radius 3 is 2.16 bits per heavy atom. The first-order valence-corrected chi connectivity index (χ1v) is 11.5. The van der Waals surface area contributed by atoms with E-state index in [4.69, 9.17) is 0 Å². The molecule has 0 bridgehead atoms. The number of rotatable bonds is 5. The molecule has 4 amide bonds. The molecule has 1 N–H and O–H groups in total. The van der Waals surface area contributed by atoms with E-state index in [0.29, 0.717) is 11.4 Å². The van der Waals surface area contributed by atoms with Gasteiger partial charge in [0.1, 0.15) is 6.04 Å². The van der Waals surface area contributed by atoms with E-state index in [9.17, 15) is 19.2 Å². The van der Waals surface area contributed by atoms with Crippen molar-refractivity contribution in [1.82, 2.24) is 4.90 Å². The van der Waals surface area contributed by atoms with E-state index in [1.165, 1.54) is 11.8 Å². The SMILES string of the molecule is CC(=O)Nc1ccc(N2C(=O)CC(N(C(=O)C3CCCCC3)C3CCCC3)C2=O)cc1. The van der Waals surface area contributed by atoms with Crippen molar-refractivity contribution in [2.45, 2.75) is 83.2 Å². The van der Waals surface area contributed by atoms with Gasteiger partial charge in [-0.1, -0.05) is 32.1 Å². The molecule has 4 rings (SSSR count). The summed E-state index contributed by atoms with van der Waals surface area (Å²) >= 11 is 0. The van der Waals surface area contributed by atoms with Gasteiger partial charge >= 0.3 is 0 Å². The Morgan fingerprint density at radius 2 is 1.55 bits per heavy atom. The Labute approximate surface area is 183 Å². The maximum Gasteiger partial charge on any atom is 0.257 e. The third kappa shape index (κ3) is 4.50. The zero-order chi connectivity index (χ0) is 22.0. The molecule has 1 atom stereocenters. The van der Waals surface area contributed by atoms with E-state index >= 15 is 0 Å². The number of hydrogen-bond acceptors (Lipinski definition) is 4. The van der Waals surface area contributed by atoms with E-state index in [1.807, 2.05) is 0 Å². The second-order valence-electron chi connectivity index (χ2n) is 9.03. The molecule has 166 valence electrons. The summed E-state index contributed by atoms with van der Waals surface area (Å²) in [5.74, 6) is -0.728. The summed E-state index contributed by atoms with van der Waals surface area (Å²) in [6.07, 6.45) is 9.00. The monoisotopic (exact) mass is 425 g/mol. The van der Waals surface area contributed by atoms with Crippen molar-refractivity contribution in [3.8, 4) is 0 Å². The van der Waals surface area contributed by atoms with Crippen LogP contribution in [-0.4, -0.2) is 40.6 Å². The lowest BCUT2D eigenvalue weighted by molar-refractivity contribution is -0.145. The Balaban J connectivity index is 1.56. The third-order valence-electron chi connectivity index (χ3n) is 6.83. The molecule has 31 heavy (non-hydrogen) atoms. The van der Waals surface area contributed by atoms with E-state index in [-0.39, 0.29) is 42.0 Å². The van der Waals surface area contributed by atoms with Gasteiger partial charge in [0, 0.05) is 24.6 Å². The predicted octanol–water partition coefficient (Wildman–Crippen LogP) is 3.63. The number of amides is 4. The molecule has 7 nitrogen and oxygen atoms in total. The molecule has 3 aliphatic rings. The molecule has 2 aliphatic carbocycles. The van der Waals surface area contributed by atoms with Gasteiger partial charge in [-0.3, -0.25) is 19.2 Å². The van der Waals surface area contributed by atoms with Crippen molar-refractivity contribution < 1.29 is 19.2 Å². The Kier molecular flexibility index (Phi) is 6.39. The van der Waals surface area contributed by atoms with Crippen molar-refractivity contribution in [2.24, 2.45) is 5.92 Å². The molecule has 1 aromatic carbocycles. The average molecular weight is 426 g/mol.